The number of aromatic nitrogens is 2. The van der Waals surface area contributed by atoms with Gasteiger partial charge < -0.3 is 4.98 Å². The monoisotopic (exact) mass is 777 g/mol. The molecule has 0 aliphatic rings. The van der Waals surface area contributed by atoms with Crippen LogP contribution in [0.4, 0.5) is 0 Å². The normalized spacial score (nSPS) is 12.2. The van der Waals surface area contributed by atoms with E-state index in [9.17, 15) is 0 Å². The van der Waals surface area contributed by atoms with Gasteiger partial charge in [0.1, 0.15) is 0 Å². The van der Waals surface area contributed by atoms with E-state index in [-0.39, 0.29) is 26.0 Å². The molecule has 0 aliphatic carbocycles. The van der Waals surface area contributed by atoms with Crippen LogP contribution in [0.3, 0.4) is 0 Å². The molecule has 0 aliphatic heterocycles. The maximum atomic E-state index is 8.33. The Kier molecular flexibility index (Phi) is 9.37. The Labute approximate surface area is 263 Å². The average Bonchev–Trinajstić information content (AvgIpc) is 3.01. The zero-order valence-electron chi connectivity index (χ0n) is 26.2. The Morgan fingerprint density at radius 2 is 1.54 bits per heavy atom. The van der Waals surface area contributed by atoms with E-state index in [1.807, 2.05) is 62.5 Å². The fourth-order valence-electron chi connectivity index (χ4n) is 4.64. The number of hydrogen-bond donors (Lipinski definition) is 0. The van der Waals surface area contributed by atoms with Gasteiger partial charge in [-0.15, -0.1) is 29.1 Å². The van der Waals surface area contributed by atoms with Crippen LogP contribution in [0, 0.1) is 18.1 Å². The van der Waals surface area contributed by atoms with Crippen molar-refractivity contribution in [3.05, 3.63) is 127 Å². The second-order valence-electron chi connectivity index (χ2n) is 11.3. The predicted molar refractivity (Wildman–Crippen MR) is 174 cm³/mol. The van der Waals surface area contributed by atoms with Gasteiger partial charge in [0.05, 0.1) is 0 Å². The first kappa shape index (κ1) is 28.0. The molecule has 0 fully saturated rings. The molecule has 4 aromatic carbocycles. The molecule has 0 N–H and O–H groups in total. The fraction of sp³-hybridized carbons (Fsp3) is 0.189. The Morgan fingerprint density at radius 1 is 0.756 bits per heavy atom. The molecule has 0 spiro atoms. The zero-order valence-corrected chi connectivity index (χ0v) is 28.7. The summed E-state index contributed by atoms with van der Waals surface area (Å²) >= 11 is -1.72. The molecule has 2 nitrogen and oxygen atoms in total. The van der Waals surface area contributed by atoms with Crippen molar-refractivity contribution in [3.8, 4) is 22.5 Å². The summed E-state index contributed by atoms with van der Waals surface area (Å²) in [6.45, 7) is 3.79. The molecule has 209 valence electrons. The first-order valence-electron chi connectivity index (χ1n) is 14.8. The van der Waals surface area contributed by atoms with Crippen molar-refractivity contribution in [2.24, 2.45) is 5.92 Å². The molecular formula is C37H36GeIrN2-2. The summed E-state index contributed by atoms with van der Waals surface area (Å²) in [5.74, 6) is 7.03. The van der Waals surface area contributed by atoms with Crippen LogP contribution in [0.5, 0.6) is 0 Å². The standard InChI is InChI=1S/C23H20N.C14H16GeN.Ir/c1-16(2)13-17-11-12-24-23(14-17)20-9-10-22-19(15-20)8-7-18-5-3-4-6-21(18)22;1-15(2,3)13-9-10-14(16-11-13)12-7-5-4-6-8-12;/h3-8,10-12,14-16H,13H2,1-2H3;4-7,9-11H,1-3H3;/q2*-1;/i13D2;;. The maximum absolute atomic E-state index is 8.33. The van der Waals surface area contributed by atoms with Crippen molar-refractivity contribution in [2.45, 2.75) is 37.5 Å². The smallest absolute Gasteiger partial charge is 0 e. The van der Waals surface area contributed by atoms with Gasteiger partial charge in [0, 0.05) is 29.0 Å². The number of pyridine rings is 2. The van der Waals surface area contributed by atoms with Gasteiger partial charge in [-0.1, -0.05) is 72.6 Å². The third kappa shape index (κ3) is 7.80. The van der Waals surface area contributed by atoms with Gasteiger partial charge >= 0.3 is 99.8 Å². The van der Waals surface area contributed by atoms with Crippen molar-refractivity contribution in [2.75, 3.05) is 0 Å². The molecule has 2 aromatic heterocycles. The molecule has 0 atom stereocenters. The van der Waals surface area contributed by atoms with Gasteiger partial charge in [0.25, 0.3) is 0 Å². The molecule has 4 heteroatoms. The van der Waals surface area contributed by atoms with Crippen molar-refractivity contribution >= 4 is 39.2 Å². The van der Waals surface area contributed by atoms with Crippen LogP contribution in [-0.2, 0) is 26.5 Å². The van der Waals surface area contributed by atoms with E-state index in [1.54, 1.807) is 12.3 Å². The van der Waals surface area contributed by atoms with Crippen LogP contribution in [-0.4, -0.2) is 23.2 Å². The molecular weight excluding hydrogens is 737 g/mol. The second kappa shape index (κ2) is 13.7. The first-order chi connectivity index (χ1) is 20.0. The molecule has 41 heavy (non-hydrogen) atoms. The molecule has 1 radical (unpaired) electrons. The van der Waals surface area contributed by atoms with Crippen molar-refractivity contribution in [3.63, 3.8) is 0 Å². The number of rotatable bonds is 5. The van der Waals surface area contributed by atoms with E-state index in [2.05, 4.69) is 87.9 Å². The van der Waals surface area contributed by atoms with Crippen molar-refractivity contribution in [1.29, 1.82) is 0 Å². The van der Waals surface area contributed by atoms with Gasteiger partial charge in [0.2, 0.25) is 0 Å². The summed E-state index contributed by atoms with van der Waals surface area (Å²) in [5, 5.41) is 4.73. The number of nitrogens with zero attached hydrogens (tertiary/aromatic N) is 2. The molecule has 0 amide bonds. The third-order valence-electron chi connectivity index (χ3n) is 6.78. The summed E-state index contributed by atoms with van der Waals surface area (Å²) in [6, 6.07) is 39.1. The fourth-order valence-corrected chi connectivity index (χ4v) is 6.82. The second-order valence-corrected chi connectivity index (χ2v) is 22.0. The summed E-state index contributed by atoms with van der Waals surface area (Å²) in [6.07, 6.45) is 2.34. The first-order valence-corrected chi connectivity index (χ1v) is 21.1. The molecule has 6 aromatic rings. The minimum absolute atomic E-state index is 0. The summed E-state index contributed by atoms with van der Waals surface area (Å²) in [5.41, 5.74) is 4.37. The largest absolute Gasteiger partial charge is 0 e. The molecule has 0 saturated heterocycles. The summed E-state index contributed by atoms with van der Waals surface area (Å²) in [7, 11) is 0. The van der Waals surface area contributed by atoms with E-state index in [0.29, 0.717) is 5.56 Å². The number of benzene rings is 4. The SMILES string of the molecule is [2H]C([2H])(c1ccnc(-c2[c-]cc3c(ccc4ccccc43)c2)c1)C(C)C.[CH3][Ge]([CH3])([CH3])[c]1ccc(-c2[c-]cccc2)nc1.[Ir]. The minimum atomic E-state index is -1.72. The van der Waals surface area contributed by atoms with Crippen LogP contribution in [0.2, 0.25) is 17.3 Å². The van der Waals surface area contributed by atoms with E-state index < -0.39 is 19.6 Å². The molecule has 6 rings (SSSR count). The van der Waals surface area contributed by atoms with Gasteiger partial charge in [0.15, 0.2) is 0 Å². The molecule has 0 saturated carbocycles. The van der Waals surface area contributed by atoms with Gasteiger partial charge in [-0.25, -0.2) is 0 Å². The molecule has 0 bridgehead atoms. The van der Waals surface area contributed by atoms with Crippen LogP contribution in [0.25, 0.3) is 44.1 Å². The third-order valence-corrected chi connectivity index (χ3v) is 11.0. The average molecular weight is 776 g/mol. The Balaban J connectivity index is 0.000000215. The van der Waals surface area contributed by atoms with E-state index in [0.717, 1.165) is 27.9 Å². The number of fused-ring (bicyclic) bond motifs is 3. The van der Waals surface area contributed by atoms with Crippen LogP contribution >= 0.6 is 0 Å². The topological polar surface area (TPSA) is 25.8 Å². The zero-order chi connectivity index (χ0) is 29.9. The van der Waals surface area contributed by atoms with E-state index in [4.69, 9.17) is 2.74 Å². The quantitative estimate of drug-likeness (QED) is 0.0993. The van der Waals surface area contributed by atoms with Crippen molar-refractivity contribution < 1.29 is 22.8 Å². The van der Waals surface area contributed by atoms with Crippen LogP contribution < -0.4 is 4.40 Å². The van der Waals surface area contributed by atoms with Crippen molar-refractivity contribution in [1.82, 2.24) is 9.97 Å². The van der Waals surface area contributed by atoms with Crippen LogP contribution in [0.15, 0.2) is 109 Å². The summed E-state index contributed by atoms with van der Waals surface area (Å²) < 4.78 is 18.1. The minimum Gasteiger partial charge on any atom is 0 e. The molecule has 0 unspecified atom stereocenters. The molecule has 2 heterocycles. The van der Waals surface area contributed by atoms with Gasteiger partial charge in [-0.3, -0.25) is 0 Å². The van der Waals surface area contributed by atoms with E-state index >= 15 is 0 Å². The predicted octanol–water partition coefficient (Wildman–Crippen LogP) is 9.15. The van der Waals surface area contributed by atoms with Gasteiger partial charge in [-0.2, -0.15) is 0 Å². The Hall–Kier alpha value is -3.11. The maximum Gasteiger partial charge on any atom is 0 e. The Bertz CT molecular complexity index is 1820. The summed E-state index contributed by atoms with van der Waals surface area (Å²) in [4.78, 5) is 8.98. The van der Waals surface area contributed by atoms with E-state index in [1.165, 1.54) is 20.6 Å². The van der Waals surface area contributed by atoms with Gasteiger partial charge in [-0.05, 0) is 29.4 Å². The Morgan fingerprint density at radius 3 is 2.24 bits per heavy atom. The number of hydrogen-bond acceptors (Lipinski definition) is 2. The van der Waals surface area contributed by atoms with Crippen LogP contribution in [0.1, 0.15) is 22.2 Å².